The molecule has 2 heterocycles. The van der Waals surface area contributed by atoms with Crippen LogP contribution < -0.4 is 10.6 Å². The molecule has 7 nitrogen and oxygen atoms in total. The van der Waals surface area contributed by atoms with Crippen LogP contribution in [0.5, 0.6) is 0 Å². The minimum Gasteiger partial charge on any atom is -0.340 e. The van der Waals surface area contributed by atoms with Crippen molar-refractivity contribution in [3.8, 4) is 0 Å². The van der Waals surface area contributed by atoms with Crippen LogP contribution in [0, 0.1) is 0 Å². The Bertz CT molecular complexity index is 391. The Balaban J connectivity index is 1.97. The molecule has 0 aromatic rings. The highest BCUT2D eigenvalue weighted by molar-refractivity contribution is 6.01. The summed E-state index contributed by atoms with van der Waals surface area (Å²) in [4.78, 5) is 39.0. The summed E-state index contributed by atoms with van der Waals surface area (Å²) in [6, 6.07) is -0.387. The van der Waals surface area contributed by atoms with Crippen LogP contribution in [0.1, 0.15) is 19.8 Å². The molecule has 2 N–H and O–H groups in total. The molecule has 2 aliphatic rings. The van der Waals surface area contributed by atoms with Crippen LogP contribution in [0.3, 0.4) is 0 Å². The third-order valence-electron chi connectivity index (χ3n) is 3.77. The summed E-state index contributed by atoms with van der Waals surface area (Å²) in [7, 11) is 0. The minimum absolute atomic E-state index is 0.00495. The Morgan fingerprint density at radius 3 is 2.85 bits per heavy atom. The van der Waals surface area contributed by atoms with Gasteiger partial charge < -0.3 is 10.2 Å². The molecule has 3 amide bonds. The van der Waals surface area contributed by atoms with Crippen LogP contribution in [0.25, 0.3) is 0 Å². The summed E-state index contributed by atoms with van der Waals surface area (Å²) >= 11 is 0. The topological polar surface area (TPSA) is 81.8 Å². The molecule has 1 atom stereocenters. The smallest absolute Gasteiger partial charge is 0.243 e. The van der Waals surface area contributed by atoms with Crippen LogP contribution in [0.15, 0.2) is 0 Å². The average Bonchev–Trinajstić information content (AvgIpc) is 2.67. The van der Waals surface area contributed by atoms with Crippen LogP contribution in [0.2, 0.25) is 0 Å². The molecule has 0 aromatic heterocycles. The molecule has 0 bridgehead atoms. The Hall–Kier alpha value is -1.47. The van der Waals surface area contributed by atoms with Crippen LogP contribution in [0.4, 0.5) is 0 Å². The first kappa shape index (κ1) is 14.9. The van der Waals surface area contributed by atoms with Crippen molar-refractivity contribution in [1.29, 1.82) is 0 Å². The van der Waals surface area contributed by atoms with Crippen molar-refractivity contribution >= 4 is 17.7 Å². The Morgan fingerprint density at radius 1 is 1.30 bits per heavy atom. The van der Waals surface area contributed by atoms with Crippen molar-refractivity contribution in [1.82, 2.24) is 20.4 Å². The molecule has 20 heavy (non-hydrogen) atoms. The number of hydrogen-bond donors (Lipinski definition) is 2. The molecule has 0 aliphatic carbocycles. The van der Waals surface area contributed by atoms with Gasteiger partial charge in [0.2, 0.25) is 17.7 Å². The first-order valence-corrected chi connectivity index (χ1v) is 7.18. The Labute approximate surface area is 118 Å². The van der Waals surface area contributed by atoms with Crippen LogP contribution in [-0.2, 0) is 14.4 Å². The summed E-state index contributed by atoms with van der Waals surface area (Å²) in [5.74, 6) is -0.631. The van der Waals surface area contributed by atoms with E-state index in [-0.39, 0.29) is 36.9 Å². The van der Waals surface area contributed by atoms with Gasteiger partial charge in [0, 0.05) is 19.6 Å². The van der Waals surface area contributed by atoms with Gasteiger partial charge in [0.25, 0.3) is 0 Å². The molecule has 1 unspecified atom stereocenters. The fourth-order valence-electron chi connectivity index (χ4n) is 2.70. The van der Waals surface area contributed by atoms with Gasteiger partial charge in [0.05, 0.1) is 19.1 Å². The number of amides is 3. The lowest BCUT2D eigenvalue weighted by molar-refractivity contribution is -0.142. The molecule has 2 fully saturated rings. The number of rotatable bonds is 3. The second kappa shape index (κ2) is 6.81. The van der Waals surface area contributed by atoms with E-state index < -0.39 is 0 Å². The SMILES string of the molecule is CCC1C(=O)NC(=O)CN1CC(=O)N1CCCNCC1. The van der Waals surface area contributed by atoms with Crippen molar-refractivity contribution in [3.63, 3.8) is 0 Å². The zero-order valence-corrected chi connectivity index (χ0v) is 11.9. The highest BCUT2D eigenvalue weighted by Crippen LogP contribution is 2.10. The number of imide groups is 1. The number of piperazine rings is 1. The molecule has 2 aliphatic heterocycles. The van der Waals surface area contributed by atoms with E-state index in [4.69, 9.17) is 0 Å². The zero-order chi connectivity index (χ0) is 14.5. The average molecular weight is 282 g/mol. The fraction of sp³-hybridized carbons (Fsp3) is 0.769. The highest BCUT2D eigenvalue weighted by Gasteiger charge is 2.34. The monoisotopic (exact) mass is 282 g/mol. The van der Waals surface area contributed by atoms with Gasteiger partial charge in [-0.25, -0.2) is 0 Å². The van der Waals surface area contributed by atoms with E-state index in [9.17, 15) is 14.4 Å². The largest absolute Gasteiger partial charge is 0.340 e. The normalized spacial score (nSPS) is 25.2. The zero-order valence-electron chi connectivity index (χ0n) is 11.9. The molecule has 112 valence electrons. The van der Waals surface area contributed by atoms with Crippen molar-refractivity contribution in [2.75, 3.05) is 39.3 Å². The van der Waals surface area contributed by atoms with Gasteiger partial charge in [0.1, 0.15) is 0 Å². The lowest BCUT2D eigenvalue weighted by atomic mass is 10.1. The molecule has 0 spiro atoms. The second-order valence-corrected chi connectivity index (χ2v) is 5.23. The van der Waals surface area contributed by atoms with Gasteiger partial charge in [-0.05, 0) is 19.4 Å². The van der Waals surface area contributed by atoms with Gasteiger partial charge in [0.15, 0.2) is 0 Å². The summed E-state index contributed by atoms with van der Waals surface area (Å²) in [6.07, 6.45) is 1.52. The van der Waals surface area contributed by atoms with Gasteiger partial charge >= 0.3 is 0 Å². The van der Waals surface area contributed by atoms with E-state index in [1.807, 2.05) is 11.8 Å². The van der Waals surface area contributed by atoms with Crippen molar-refractivity contribution in [2.45, 2.75) is 25.8 Å². The molecule has 2 saturated heterocycles. The Kier molecular flexibility index (Phi) is 5.08. The first-order valence-electron chi connectivity index (χ1n) is 7.18. The summed E-state index contributed by atoms with van der Waals surface area (Å²) in [5, 5.41) is 5.56. The van der Waals surface area contributed by atoms with Gasteiger partial charge in [-0.2, -0.15) is 0 Å². The highest BCUT2D eigenvalue weighted by atomic mass is 16.2. The van der Waals surface area contributed by atoms with Crippen molar-refractivity contribution in [2.24, 2.45) is 0 Å². The number of carbonyl (C=O) groups excluding carboxylic acids is 3. The quantitative estimate of drug-likeness (QED) is 0.619. The van der Waals surface area contributed by atoms with Crippen LogP contribution >= 0.6 is 0 Å². The maximum absolute atomic E-state index is 12.3. The standard InChI is InChI=1S/C13H22N4O3/c1-2-10-13(20)15-11(18)8-17(10)9-12(19)16-6-3-4-14-5-7-16/h10,14H,2-9H2,1H3,(H,15,18,20). The first-order chi connectivity index (χ1) is 9.61. The molecule has 0 radical (unpaired) electrons. The van der Waals surface area contributed by atoms with Crippen LogP contribution in [-0.4, -0.2) is 72.8 Å². The van der Waals surface area contributed by atoms with E-state index >= 15 is 0 Å². The van der Waals surface area contributed by atoms with Gasteiger partial charge in [-0.1, -0.05) is 6.92 Å². The second-order valence-electron chi connectivity index (χ2n) is 5.23. The lowest BCUT2D eigenvalue weighted by Gasteiger charge is -2.34. The molecular weight excluding hydrogens is 260 g/mol. The van der Waals surface area contributed by atoms with E-state index in [0.29, 0.717) is 13.0 Å². The lowest BCUT2D eigenvalue weighted by Crippen LogP contribution is -2.59. The third kappa shape index (κ3) is 3.55. The molecule has 0 aromatic carbocycles. The number of carbonyl (C=O) groups is 3. The molecule has 2 rings (SSSR count). The maximum Gasteiger partial charge on any atom is 0.243 e. The molecule has 0 saturated carbocycles. The number of nitrogens with zero attached hydrogens (tertiary/aromatic N) is 2. The Morgan fingerprint density at radius 2 is 2.10 bits per heavy atom. The molecule has 7 heteroatoms. The van der Waals surface area contributed by atoms with Gasteiger partial charge in [-0.15, -0.1) is 0 Å². The number of hydrogen-bond acceptors (Lipinski definition) is 5. The summed E-state index contributed by atoms with van der Waals surface area (Å²) in [5.41, 5.74) is 0. The van der Waals surface area contributed by atoms with Gasteiger partial charge in [-0.3, -0.25) is 24.6 Å². The predicted octanol–water partition coefficient (Wildman–Crippen LogP) is -1.45. The third-order valence-corrected chi connectivity index (χ3v) is 3.77. The van der Waals surface area contributed by atoms with Crippen molar-refractivity contribution < 1.29 is 14.4 Å². The van der Waals surface area contributed by atoms with E-state index in [1.54, 1.807) is 4.90 Å². The van der Waals surface area contributed by atoms with E-state index in [0.717, 1.165) is 26.1 Å². The molecular formula is C13H22N4O3. The van der Waals surface area contributed by atoms with E-state index in [2.05, 4.69) is 10.6 Å². The maximum atomic E-state index is 12.3. The van der Waals surface area contributed by atoms with Crippen molar-refractivity contribution in [3.05, 3.63) is 0 Å². The minimum atomic E-state index is -0.387. The summed E-state index contributed by atoms with van der Waals surface area (Å²) in [6.45, 7) is 5.27. The predicted molar refractivity (Wildman–Crippen MR) is 72.9 cm³/mol. The van der Waals surface area contributed by atoms with E-state index in [1.165, 1.54) is 0 Å². The summed E-state index contributed by atoms with van der Waals surface area (Å²) < 4.78 is 0. The number of nitrogens with one attached hydrogen (secondary N) is 2. The fourth-order valence-corrected chi connectivity index (χ4v) is 2.70.